The highest BCUT2D eigenvalue weighted by Gasteiger charge is 2.24. The molecule has 1 rings (SSSR count). The molecule has 0 aliphatic heterocycles. The van der Waals surface area contributed by atoms with Crippen LogP contribution in [0.25, 0.3) is 0 Å². The van der Waals surface area contributed by atoms with Gasteiger partial charge in [0, 0.05) is 12.3 Å². The van der Waals surface area contributed by atoms with E-state index >= 15 is 0 Å². The first-order valence-electron chi connectivity index (χ1n) is 5.21. The minimum Gasteiger partial charge on any atom is -0.394 e. The quantitative estimate of drug-likeness (QED) is 0.671. The molecule has 1 aromatic heterocycles. The number of nitrogens with one attached hydrogen (secondary N) is 1. The molecule has 0 saturated heterocycles. The summed E-state index contributed by atoms with van der Waals surface area (Å²) in [6.45, 7) is 3.74. The zero-order chi connectivity index (χ0) is 13.2. The number of aromatic nitrogens is 2. The molecule has 1 heterocycles. The van der Waals surface area contributed by atoms with E-state index in [0.717, 1.165) is 6.26 Å². The van der Waals surface area contributed by atoms with Crippen LogP contribution >= 0.6 is 0 Å². The molecule has 98 valence electrons. The molecule has 7 nitrogen and oxygen atoms in total. The number of sulfone groups is 1. The number of hydrogen-bond acceptors (Lipinski definition) is 6. The summed E-state index contributed by atoms with van der Waals surface area (Å²) < 4.78 is 24.6. The zero-order valence-electron chi connectivity index (χ0n) is 10.1. The Bertz CT molecular complexity index is 493. The Balaban J connectivity index is 3.32. The molecule has 0 unspecified atom stereocenters. The summed E-state index contributed by atoms with van der Waals surface area (Å²) in [5, 5.41) is 15.8. The van der Waals surface area contributed by atoms with E-state index in [1.165, 1.54) is 4.68 Å². The van der Waals surface area contributed by atoms with Crippen LogP contribution < -0.4 is 11.1 Å². The van der Waals surface area contributed by atoms with Crippen LogP contribution in [0.4, 0.5) is 11.6 Å². The molecule has 8 heteroatoms. The number of anilines is 2. The predicted octanol–water partition coefficient (Wildman–Crippen LogP) is -0.319. The highest BCUT2D eigenvalue weighted by atomic mass is 32.2. The third-order valence-corrected chi connectivity index (χ3v) is 3.20. The van der Waals surface area contributed by atoms with E-state index in [1.54, 1.807) is 0 Å². The van der Waals surface area contributed by atoms with E-state index in [9.17, 15) is 8.42 Å². The first-order valence-corrected chi connectivity index (χ1v) is 7.10. The average molecular weight is 262 g/mol. The summed E-state index contributed by atoms with van der Waals surface area (Å²) in [6.07, 6.45) is 1.08. The lowest BCUT2D eigenvalue weighted by Crippen LogP contribution is -2.13. The van der Waals surface area contributed by atoms with Crippen molar-refractivity contribution in [3.63, 3.8) is 0 Å². The molecule has 0 aliphatic carbocycles. The van der Waals surface area contributed by atoms with Gasteiger partial charge in [-0.25, -0.2) is 13.1 Å². The summed E-state index contributed by atoms with van der Waals surface area (Å²) in [5.41, 5.74) is 5.72. The van der Waals surface area contributed by atoms with E-state index < -0.39 is 9.84 Å². The van der Waals surface area contributed by atoms with Gasteiger partial charge in [0.2, 0.25) is 0 Å². The maximum atomic E-state index is 11.6. The SMILES string of the molecule is CC(C)Nc1nn(CCO)c(N)c1S(C)(=O)=O. The van der Waals surface area contributed by atoms with Crippen LogP contribution in [0.15, 0.2) is 4.90 Å². The fourth-order valence-electron chi connectivity index (χ4n) is 1.46. The number of nitrogens with two attached hydrogens (primary N) is 1. The maximum absolute atomic E-state index is 11.6. The summed E-state index contributed by atoms with van der Waals surface area (Å²) in [5.74, 6) is 0.276. The highest BCUT2D eigenvalue weighted by molar-refractivity contribution is 7.91. The number of nitrogens with zero attached hydrogens (tertiary/aromatic N) is 2. The van der Waals surface area contributed by atoms with Crippen LogP contribution in [0.2, 0.25) is 0 Å². The molecule has 0 bridgehead atoms. The summed E-state index contributed by atoms with van der Waals surface area (Å²) >= 11 is 0. The molecule has 0 spiro atoms. The van der Waals surface area contributed by atoms with Crippen molar-refractivity contribution in [2.75, 3.05) is 23.9 Å². The minimum atomic E-state index is -3.46. The topological polar surface area (TPSA) is 110 Å². The molecular weight excluding hydrogens is 244 g/mol. The standard InChI is InChI=1S/C9H18N4O3S/c1-6(2)11-9-7(17(3,15)16)8(10)13(12-9)4-5-14/h6,14H,4-5,10H2,1-3H3,(H,11,12). The van der Waals surface area contributed by atoms with Gasteiger partial charge in [-0.2, -0.15) is 5.10 Å². The fraction of sp³-hybridized carbons (Fsp3) is 0.667. The van der Waals surface area contributed by atoms with Gasteiger partial charge in [-0.1, -0.05) is 0 Å². The summed E-state index contributed by atoms with van der Waals surface area (Å²) in [7, 11) is -3.46. The second-order valence-electron chi connectivity index (χ2n) is 4.08. The van der Waals surface area contributed by atoms with Crippen molar-refractivity contribution in [2.45, 2.75) is 31.3 Å². The van der Waals surface area contributed by atoms with Crippen LogP contribution in [0.1, 0.15) is 13.8 Å². The van der Waals surface area contributed by atoms with Crippen molar-refractivity contribution in [1.29, 1.82) is 0 Å². The molecule has 0 radical (unpaired) electrons. The van der Waals surface area contributed by atoms with Crippen molar-refractivity contribution >= 4 is 21.5 Å². The Morgan fingerprint density at radius 2 is 2.12 bits per heavy atom. The van der Waals surface area contributed by atoms with Crippen molar-refractivity contribution in [3.8, 4) is 0 Å². The summed E-state index contributed by atoms with van der Waals surface area (Å²) in [4.78, 5) is -0.0142. The van der Waals surface area contributed by atoms with Gasteiger partial charge in [0.05, 0.1) is 13.2 Å². The molecule has 0 aromatic carbocycles. The van der Waals surface area contributed by atoms with Crippen molar-refractivity contribution in [2.24, 2.45) is 0 Å². The Morgan fingerprint density at radius 3 is 2.53 bits per heavy atom. The lowest BCUT2D eigenvalue weighted by Gasteiger charge is -2.07. The third kappa shape index (κ3) is 3.10. The second-order valence-corrected chi connectivity index (χ2v) is 6.03. The van der Waals surface area contributed by atoms with Crippen LogP contribution in [-0.2, 0) is 16.4 Å². The van der Waals surface area contributed by atoms with E-state index in [-0.39, 0.29) is 35.7 Å². The first-order chi connectivity index (χ1) is 7.77. The van der Waals surface area contributed by atoms with Gasteiger partial charge in [0.25, 0.3) is 0 Å². The molecule has 4 N–H and O–H groups in total. The average Bonchev–Trinajstić information content (AvgIpc) is 2.41. The van der Waals surface area contributed by atoms with Crippen LogP contribution in [-0.4, -0.2) is 42.2 Å². The minimum absolute atomic E-state index is 0.0142. The van der Waals surface area contributed by atoms with E-state index in [4.69, 9.17) is 10.8 Å². The van der Waals surface area contributed by atoms with Gasteiger partial charge in [0.1, 0.15) is 5.82 Å². The maximum Gasteiger partial charge on any atom is 0.182 e. The Kier molecular flexibility index (Phi) is 3.99. The smallest absolute Gasteiger partial charge is 0.182 e. The molecule has 0 saturated carbocycles. The molecule has 0 aliphatic rings. The molecule has 0 atom stereocenters. The number of nitrogen functional groups attached to an aromatic ring is 1. The Labute approximate surface area is 101 Å². The van der Waals surface area contributed by atoms with Crippen molar-refractivity contribution in [3.05, 3.63) is 0 Å². The fourth-order valence-corrected chi connectivity index (χ4v) is 2.39. The van der Waals surface area contributed by atoms with Gasteiger partial charge in [-0.3, -0.25) is 0 Å². The first kappa shape index (κ1) is 13.8. The van der Waals surface area contributed by atoms with Crippen molar-refractivity contribution < 1.29 is 13.5 Å². The van der Waals surface area contributed by atoms with Crippen LogP contribution in [0, 0.1) is 0 Å². The number of aliphatic hydroxyl groups is 1. The molecule has 0 amide bonds. The Morgan fingerprint density at radius 1 is 1.53 bits per heavy atom. The number of hydrogen-bond donors (Lipinski definition) is 3. The lowest BCUT2D eigenvalue weighted by atomic mass is 10.4. The number of aliphatic hydroxyl groups excluding tert-OH is 1. The van der Waals surface area contributed by atoms with Crippen LogP contribution in [0.3, 0.4) is 0 Å². The van der Waals surface area contributed by atoms with E-state index in [2.05, 4.69) is 10.4 Å². The van der Waals surface area contributed by atoms with Gasteiger partial charge in [-0.15, -0.1) is 0 Å². The summed E-state index contributed by atoms with van der Waals surface area (Å²) in [6, 6.07) is 0.0346. The normalized spacial score (nSPS) is 12.1. The molecule has 1 aromatic rings. The van der Waals surface area contributed by atoms with Crippen LogP contribution in [0.5, 0.6) is 0 Å². The van der Waals surface area contributed by atoms with Crippen molar-refractivity contribution in [1.82, 2.24) is 9.78 Å². The monoisotopic (exact) mass is 262 g/mol. The highest BCUT2D eigenvalue weighted by Crippen LogP contribution is 2.27. The van der Waals surface area contributed by atoms with Gasteiger partial charge in [0.15, 0.2) is 20.6 Å². The molecular formula is C9H18N4O3S. The second kappa shape index (κ2) is 4.92. The molecule has 17 heavy (non-hydrogen) atoms. The van der Waals surface area contributed by atoms with Gasteiger partial charge in [-0.05, 0) is 13.8 Å². The number of rotatable bonds is 5. The zero-order valence-corrected chi connectivity index (χ0v) is 11.0. The van der Waals surface area contributed by atoms with E-state index in [1.807, 2.05) is 13.8 Å². The lowest BCUT2D eigenvalue weighted by molar-refractivity contribution is 0.270. The third-order valence-electron chi connectivity index (χ3n) is 2.05. The van der Waals surface area contributed by atoms with Gasteiger partial charge < -0.3 is 16.2 Å². The van der Waals surface area contributed by atoms with E-state index in [0.29, 0.717) is 0 Å². The molecule has 0 fully saturated rings. The van der Waals surface area contributed by atoms with Gasteiger partial charge >= 0.3 is 0 Å². The Hall–Kier alpha value is -1.28. The predicted molar refractivity (Wildman–Crippen MR) is 65.6 cm³/mol. The largest absolute Gasteiger partial charge is 0.394 e.